The molecule has 53 heavy (non-hydrogen) atoms. The number of carbonyl (C=O) groups excluding carboxylic acids is 5. The van der Waals surface area contributed by atoms with Crippen LogP contribution in [0.1, 0.15) is 65.2 Å². The van der Waals surface area contributed by atoms with Gasteiger partial charge in [0.2, 0.25) is 18.6 Å². The number of hydrogen-bond acceptors (Lipinski definition) is 13. The summed E-state index contributed by atoms with van der Waals surface area (Å²) in [5.41, 5.74) is 0.271. The first-order chi connectivity index (χ1) is 25.6. The first-order valence-corrected chi connectivity index (χ1v) is 17.9. The quantitative estimate of drug-likeness (QED) is 0.0581. The van der Waals surface area contributed by atoms with Crippen molar-refractivity contribution in [2.24, 2.45) is 11.8 Å². The van der Waals surface area contributed by atoms with Gasteiger partial charge in [-0.3, -0.25) is 24.5 Å². The molecular weight excluding hydrogens is 694 g/mol. The lowest BCUT2D eigenvalue weighted by atomic mass is 9.96. The molecule has 2 heterocycles. The highest BCUT2D eigenvalue weighted by Gasteiger charge is 2.53. The molecule has 0 aliphatic carbocycles. The molecule has 1 fully saturated rings. The monoisotopic (exact) mass is 747 g/mol. The second-order valence-electron chi connectivity index (χ2n) is 12.6. The van der Waals surface area contributed by atoms with Crippen molar-refractivity contribution >= 4 is 35.5 Å². The van der Waals surface area contributed by atoms with E-state index in [4.69, 9.17) is 33.2 Å². The number of ether oxygens (including phenoxy) is 7. The summed E-state index contributed by atoms with van der Waals surface area (Å²) in [4.78, 5) is 66.3. The molecule has 16 heteroatoms. The maximum atomic E-state index is 13.8. The number of anilines is 1. The van der Waals surface area contributed by atoms with Crippen LogP contribution >= 0.6 is 0 Å². The van der Waals surface area contributed by atoms with Gasteiger partial charge in [0.15, 0.2) is 36.1 Å². The Morgan fingerprint density at radius 1 is 0.849 bits per heavy atom. The summed E-state index contributed by atoms with van der Waals surface area (Å²) in [7, 11) is 1.25. The number of benzene rings is 1. The van der Waals surface area contributed by atoms with Crippen LogP contribution in [-0.2, 0) is 42.9 Å². The molecule has 0 aromatic heterocycles. The number of rotatable bonds is 22. The van der Waals surface area contributed by atoms with E-state index in [1.165, 1.54) is 25.3 Å². The number of fused-ring (bicyclic) bond motifs is 1. The smallest absolute Gasteiger partial charge is 0.412 e. The fraction of sp³-hybridized carbons (Fsp3) is 0.595. The van der Waals surface area contributed by atoms with Crippen LogP contribution in [0.2, 0.25) is 0 Å². The minimum Gasteiger partial charge on any atom is -0.454 e. The van der Waals surface area contributed by atoms with E-state index in [1.807, 2.05) is 13.8 Å². The van der Waals surface area contributed by atoms with Crippen LogP contribution in [-0.4, -0.2) is 99.3 Å². The second-order valence-corrected chi connectivity index (χ2v) is 12.6. The summed E-state index contributed by atoms with van der Waals surface area (Å²) in [5.74, 6) is -3.67. The number of amides is 3. The van der Waals surface area contributed by atoms with Crippen LogP contribution in [0, 0.1) is 11.8 Å². The van der Waals surface area contributed by atoms with Gasteiger partial charge in [-0.1, -0.05) is 38.8 Å². The molecule has 0 bridgehead atoms. The predicted octanol–water partition coefficient (Wildman–Crippen LogP) is 3.52. The first-order valence-electron chi connectivity index (χ1n) is 17.9. The molecule has 7 atom stereocenters. The third kappa shape index (κ3) is 13.0. The van der Waals surface area contributed by atoms with Gasteiger partial charge in [0.1, 0.15) is 6.10 Å². The van der Waals surface area contributed by atoms with Crippen LogP contribution in [0.4, 0.5) is 10.5 Å². The number of aliphatic hydroxyl groups is 1. The molecule has 2 aliphatic rings. The molecule has 3 amide bonds. The molecule has 1 aromatic rings. The number of hydrogen-bond donors (Lipinski definition) is 4. The van der Waals surface area contributed by atoms with E-state index >= 15 is 0 Å². The van der Waals surface area contributed by atoms with Crippen molar-refractivity contribution in [1.82, 2.24) is 10.6 Å². The SMILES string of the molecule is C=CC[C@@H](CC(=O)NCCCC)C(=O)O[C@@H]1[C@@H](OC(=O)[C@@H](CC=C)CC(=O)NCCCC)[C@@H](OC)O[C@H](CO)[C@H]1OC(=O)Nc1ccc2c(c1)OCO2. The van der Waals surface area contributed by atoms with Gasteiger partial charge in [-0.05, 0) is 37.8 Å². The Morgan fingerprint density at radius 3 is 1.94 bits per heavy atom. The number of allylic oxidation sites excluding steroid dienone is 2. The van der Waals surface area contributed by atoms with Crippen LogP contribution in [0.5, 0.6) is 11.5 Å². The van der Waals surface area contributed by atoms with Crippen LogP contribution in [0.25, 0.3) is 0 Å². The summed E-state index contributed by atoms with van der Waals surface area (Å²) in [6, 6.07) is 4.64. The van der Waals surface area contributed by atoms with E-state index in [1.54, 1.807) is 12.1 Å². The van der Waals surface area contributed by atoms with Gasteiger partial charge >= 0.3 is 18.0 Å². The lowest BCUT2D eigenvalue weighted by Crippen LogP contribution is -2.63. The average Bonchev–Trinajstić information content (AvgIpc) is 3.60. The molecule has 2 aliphatic heterocycles. The molecule has 1 saturated heterocycles. The molecular formula is C37H53N3O13. The number of unbranched alkanes of at least 4 members (excludes halogenated alkanes) is 2. The highest BCUT2D eigenvalue weighted by atomic mass is 16.7. The third-order valence-electron chi connectivity index (χ3n) is 8.51. The van der Waals surface area contributed by atoms with Crippen LogP contribution in [0.15, 0.2) is 43.5 Å². The molecule has 1 aromatic carbocycles. The Bertz CT molecular complexity index is 1410. The van der Waals surface area contributed by atoms with E-state index in [0.717, 1.165) is 25.7 Å². The van der Waals surface area contributed by atoms with Crippen molar-refractivity contribution in [1.29, 1.82) is 0 Å². The number of nitrogens with one attached hydrogen (secondary N) is 3. The van der Waals surface area contributed by atoms with Crippen molar-refractivity contribution in [3.63, 3.8) is 0 Å². The van der Waals surface area contributed by atoms with Crippen molar-refractivity contribution in [3.05, 3.63) is 43.5 Å². The van der Waals surface area contributed by atoms with Crippen molar-refractivity contribution in [3.8, 4) is 11.5 Å². The van der Waals surface area contributed by atoms with E-state index < -0.39 is 67.2 Å². The zero-order chi connectivity index (χ0) is 38.8. The van der Waals surface area contributed by atoms with Crippen molar-refractivity contribution in [2.75, 3.05) is 38.9 Å². The third-order valence-corrected chi connectivity index (χ3v) is 8.51. The Labute approximate surface area is 309 Å². The molecule has 16 nitrogen and oxygen atoms in total. The van der Waals surface area contributed by atoms with Gasteiger partial charge in [0, 0.05) is 44.8 Å². The van der Waals surface area contributed by atoms with E-state index in [0.29, 0.717) is 24.6 Å². The summed E-state index contributed by atoms with van der Waals surface area (Å²) in [6.07, 6.45) is -2.76. The lowest BCUT2D eigenvalue weighted by Gasteiger charge is -2.44. The fourth-order valence-electron chi connectivity index (χ4n) is 5.65. The molecule has 3 rings (SSSR count). The molecule has 0 radical (unpaired) electrons. The standard InChI is InChI=1S/C37H53N3O13/c1-6-10-16-38-29(42)18-23(12-8-3)34(44)51-32-31(53-37(46)40-25-14-15-26-27(20-25)49-22-48-26)28(21-41)50-36(47-5)33(32)52-35(45)24(13-9-4)19-30(43)39-17-11-7-2/h8-9,14-15,20,23-24,28,31-33,36,41H,3-4,6-7,10-13,16-19,21-22H2,1-2,5H3,(H,38,42)(H,39,43)(H,40,46)/t23-,24-,28+,31+,32-,33+,36-/m0/s1. The Kier molecular flexibility index (Phi) is 18.1. The summed E-state index contributed by atoms with van der Waals surface area (Å²) >= 11 is 0. The molecule has 0 spiro atoms. The van der Waals surface area contributed by atoms with Gasteiger partial charge in [-0.2, -0.15) is 0 Å². The highest BCUT2D eigenvalue weighted by molar-refractivity contribution is 5.86. The molecule has 4 N–H and O–H groups in total. The fourth-order valence-corrected chi connectivity index (χ4v) is 5.65. The number of methoxy groups -OCH3 is 1. The minimum absolute atomic E-state index is 0.0130. The Hall–Kier alpha value is -4.67. The number of carbonyl (C=O) groups is 5. The highest BCUT2D eigenvalue weighted by Crippen LogP contribution is 2.35. The summed E-state index contributed by atoms with van der Waals surface area (Å²) in [5, 5.41) is 18.5. The molecule has 0 saturated carbocycles. The zero-order valence-corrected chi connectivity index (χ0v) is 30.7. The van der Waals surface area contributed by atoms with Gasteiger partial charge < -0.3 is 48.9 Å². The minimum atomic E-state index is -1.62. The average molecular weight is 748 g/mol. The van der Waals surface area contributed by atoms with E-state index in [9.17, 15) is 29.1 Å². The maximum absolute atomic E-state index is 13.8. The Morgan fingerprint density at radius 2 is 1.42 bits per heavy atom. The number of esters is 2. The van der Waals surface area contributed by atoms with E-state index in [2.05, 4.69) is 29.1 Å². The predicted molar refractivity (Wildman–Crippen MR) is 191 cm³/mol. The topological polar surface area (TPSA) is 206 Å². The Balaban J connectivity index is 1.94. The largest absolute Gasteiger partial charge is 0.454 e. The number of aliphatic hydroxyl groups excluding tert-OH is 1. The first kappa shape index (κ1) is 42.7. The normalized spacial score (nSPS) is 21.3. The summed E-state index contributed by atoms with van der Waals surface area (Å²) in [6.45, 7) is 11.5. The van der Waals surface area contributed by atoms with Crippen molar-refractivity contribution < 1.29 is 62.2 Å². The summed E-state index contributed by atoms with van der Waals surface area (Å²) < 4.78 is 39.7. The van der Waals surface area contributed by atoms with Gasteiger partial charge in [0.05, 0.1) is 18.4 Å². The van der Waals surface area contributed by atoms with Gasteiger partial charge in [0.25, 0.3) is 0 Å². The van der Waals surface area contributed by atoms with Gasteiger partial charge in [-0.25, -0.2) is 4.79 Å². The van der Waals surface area contributed by atoms with Crippen LogP contribution in [0.3, 0.4) is 0 Å². The van der Waals surface area contributed by atoms with Crippen LogP contribution < -0.4 is 25.4 Å². The second kappa shape index (κ2) is 22.4. The lowest BCUT2D eigenvalue weighted by molar-refractivity contribution is -0.300. The molecule has 294 valence electrons. The van der Waals surface area contributed by atoms with E-state index in [-0.39, 0.29) is 50.0 Å². The maximum Gasteiger partial charge on any atom is 0.412 e. The van der Waals surface area contributed by atoms with Gasteiger partial charge in [-0.15, -0.1) is 13.2 Å². The van der Waals surface area contributed by atoms with Crippen molar-refractivity contribution in [2.45, 2.75) is 95.9 Å². The molecule has 0 unspecified atom stereocenters. The zero-order valence-electron chi connectivity index (χ0n) is 30.7.